The molecule has 1 atom stereocenters. The zero-order valence-electron chi connectivity index (χ0n) is 10.1. The number of nitrogens with one attached hydrogen (secondary N) is 1. The molecular formula is C14H14N2S2. The molecule has 1 unspecified atom stereocenters. The van der Waals surface area contributed by atoms with E-state index in [-0.39, 0.29) is 0 Å². The number of nitrogens with zero attached hydrogens (tertiary/aromatic N) is 1. The summed E-state index contributed by atoms with van der Waals surface area (Å²) in [4.78, 5) is 1.38. The fourth-order valence-corrected chi connectivity index (χ4v) is 3.69. The summed E-state index contributed by atoms with van der Waals surface area (Å²) in [7, 11) is 0. The Labute approximate surface area is 114 Å². The molecule has 0 bridgehead atoms. The lowest BCUT2D eigenvalue weighted by Gasteiger charge is -2.15. The van der Waals surface area contributed by atoms with Crippen LogP contribution in [-0.4, -0.2) is 4.37 Å². The first-order chi connectivity index (χ1) is 8.88. The van der Waals surface area contributed by atoms with E-state index >= 15 is 0 Å². The molecule has 0 fully saturated rings. The normalized spacial score (nSPS) is 12.7. The van der Waals surface area contributed by atoms with Crippen molar-refractivity contribution in [3.63, 3.8) is 0 Å². The summed E-state index contributed by atoms with van der Waals surface area (Å²) in [6.07, 6.45) is 1.08. The summed E-state index contributed by atoms with van der Waals surface area (Å²) in [6.45, 7) is 2.21. The standard InChI is InChI=1S/C14H14N2S2/c1-2-11(13-8-5-9-17-13)15-14-10-6-3-4-7-12(10)16-18-14/h3-9,11,15H,2H2,1H3. The number of anilines is 1. The molecule has 18 heavy (non-hydrogen) atoms. The summed E-state index contributed by atoms with van der Waals surface area (Å²) in [5.74, 6) is 0. The Bertz CT molecular complexity index is 628. The van der Waals surface area contributed by atoms with Gasteiger partial charge >= 0.3 is 0 Å². The van der Waals surface area contributed by atoms with Crippen LogP contribution in [0.1, 0.15) is 24.3 Å². The average Bonchev–Trinajstić information content (AvgIpc) is 3.06. The number of fused-ring (bicyclic) bond motifs is 1. The quantitative estimate of drug-likeness (QED) is 0.730. The third-order valence-corrected chi connectivity index (χ3v) is 4.78. The Morgan fingerprint density at radius 1 is 1.22 bits per heavy atom. The van der Waals surface area contributed by atoms with Gasteiger partial charge in [-0.1, -0.05) is 25.1 Å². The maximum Gasteiger partial charge on any atom is 0.117 e. The molecule has 0 aliphatic rings. The fraction of sp³-hybridized carbons (Fsp3) is 0.214. The predicted molar refractivity (Wildman–Crippen MR) is 80.6 cm³/mol. The maximum atomic E-state index is 4.47. The fourth-order valence-electron chi connectivity index (χ4n) is 2.02. The lowest BCUT2D eigenvalue weighted by atomic mass is 10.2. The van der Waals surface area contributed by atoms with Crippen LogP contribution >= 0.6 is 22.9 Å². The average molecular weight is 274 g/mol. The molecule has 0 saturated heterocycles. The van der Waals surface area contributed by atoms with E-state index in [1.165, 1.54) is 15.3 Å². The van der Waals surface area contributed by atoms with E-state index in [9.17, 15) is 0 Å². The lowest BCUT2D eigenvalue weighted by molar-refractivity contribution is 0.767. The summed E-state index contributed by atoms with van der Waals surface area (Å²) < 4.78 is 4.47. The van der Waals surface area contributed by atoms with Crippen LogP contribution in [0.2, 0.25) is 0 Å². The van der Waals surface area contributed by atoms with Gasteiger partial charge in [-0.15, -0.1) is 11.3 Å². The van der Waals surface area contributed by atoms with Crippen molar-refractivity contribution in [1.82, 2.24) is 4.37 Å². The Kier molecular flexibility index (Phi) is 3.30. The van der Waals surface area contributed by atoms with E-state index in [0.717, 1.165) is 11.9 Å². The minimum absolute atomic E-state index is 0.383. The topological polar surface area (TPSA) is 24.9 Å². The van der Waals surface area contributed by atoms with Crippen LogP contribution in [-0.2, 0) is 0 Å². The van der Waals surface area contributed by atoms with Crippen molar-refractivity contribution in [2.24, 2.45) is 0 Å². The van der Waals surface area contributed by atoms with Gasteiger partial charge in [0.05, 0.1) is 11.6 Å². The highest BCUT2D eigenvalue weighted by Crippen LogP contribution is 2.33. The first-order valence-corrected chi connectivity index (χ1v) is 7.68. The molecule has 2 nitrogen and oxygen atoms in total. The van der Waals surface area contributed by atoms with Gasteiger partial charge in [-0.25, -0.2) is 0 Å². The van der Waals surface area contributed by atoms with Gasteiger partial charge in [-0.05, 0) is 41.5 Å². The second-order valence-corrected chi connectivity index (χ2v) is 5.90. The highest BCUT2D eigenvalue weighted by molar-refractivity contribution is 7.12. The minimum atomic E-state index is 0.383. The van der Waals surface area contributed by atoms with E-state index in [4.69, 9.17) is 0 Å². The number of aromatic nitrogens is 1. The van der Waals surface area contributed by atoms with Crippen LogP contribution < -0.4 is 5.32 Å². The predicted octanol–water partition coefficient (Wildman–Crippen LogP) is 4.92. The van der Waals surface area contributed by atoms with Crippen LogP contribution in [0, 0.1) is 0 Å². The lowest BCUT2D eigenvalue weighted by Crippen LogP contribution is -2.06. The van der Waals surface area contributed by atoms with E-state index in [1.54, 1.807) is 22.9 Å². The molecule has 3 aromatic rings. The molecule has 2 heterocycles. The van der Waals surface area contributed by atoms with Crippen LogP contribution in [0.15, 0.2) is 41.8 Å². The Balaban J connectivity index is 1.91. The molecule has 92 valence electrons. The molecule has 0 saturated carbocycles. The Hall–Kier alpha value is -1.39. The third-order valence-electron chi connectivity index (χ3n) is 2.98. The van der Waals surface area contributed by atoms with Crippen molar-refractivity contribution in [2.75, 3.05) is 5.32 Å². The van der Waals surface area contributed by atoms with Gasteiger partial charge in [0.15, 0.2) is 0 Å². The van der Waals surface area contributed by atoms with E-state index in [1.807, 2.05) is 6.07 Å². The van der Waals surface area contributed by atoms with Crippen molar-refractivity contribution < 1.29 is 0 Å². The van der Waals surface area contributed by atoms with Gasteiger partial charge in [-0.2, -0.15) is 4.37 Å². The zero-order chi connectivity index (χ0) is 12.4. The van der Waals surface area contributed by atoms with Gasteiger partial charge in [0.2, 0.25) is 0 Å². The summed E-state index contributed by atoms with van der Waals surface area (Å²) in [5.41, 5.74) is 1.08. The molecular weight excluding hydrogens is 260 g/mol. The number of hydrogen-bond acceptors (Lipinski definition) is 4. The largest absolute Gasteiger partial charge is 0.368 e. The summed E-state index contributed by atoms with van der Waals surface area (Å²) in [6, 6.07) is 13.0. The number of rotatable bonds is 4. The first kappa shape index (κ1) is 11.7. The van der Waals surface area contributed by atoms with Crippen LogP contribution in [0.3, 0.4) is 0 Å². The summed E-state index contributed by atoms with van der Waals surface area (Å²) >= 11 is 3.35. The second kappa shape index (κ2) is 5.08. The van der Waals surface area contributed by atoms with Crippen molar-refractivity contribution in [2.45, 2.75) is 19.4 Å². The number of benzene rings is 1. The third kappa shape index (κ3) is 2.13. The van der Waals surface area contributed by atoms with Crippen LogP contribution in [0.5, 0.6) is 0 Å². The number of thiophene rings is 1. The summed E-state index contributed by atoms with van der Waals surface area (Å²) in [5, 5.41) is 8.14. The van der Waals surface area contributed by atoms with Crippen molar-refractivity contribution >= 4 is 38.8 Å². The smallest absolute Gasteiger partial charge is 0.117 e. The van der Waals surface area contributed by atoms with Crippen LogP contribution in [0.4, 0.5) is 5.00 Å². The Morgan fingerprint density at radius 2 is 2.11 bits per heavy atom. The van der Waals surface area contributed by atoms with Gasteiger partial charge in [0.1, 0.15) is 5.00 Å². The second-order valence-electron chi connectivity index (χ2n) is 4.15. The molecule has 4 heteroatoms. The monoisotopic (exact) mass is 274 g/mol. The maximum absolute atomic E-state index is 4.47. The van der Waals surface area contributed by atoms with Gasteiger partial charge < -0.3 is 5.32 Å². The molecule has 0 aliphatic carbocycles. The van der Waals surface area contributed by atoms with Gasteiger partial charge in [0, 0.05) is 10.3 Å². The SMILES string of the molecule is CCC(Nc1snc2ccccc12)c1cccs1. The molecule has 0 amide bonds. The molecule has 0 aliphatic heterocycles. The highest BCUT2D eigenvalue weighted by Gasteiger charge is 2.13. The van der Waals surface area contributed by atoms with E-state index < -0.39 is 0 Å². The van der Waals surface area contributed by atoms with Gasteiger partial charge in [-0.3, -0.25) is 0 Å². The first-order valence-electron chi connectivity index (χ1n) is 6.03. The van der Waals surface area contributed by atoms with Gasteiger partial charge in [0.25, 0.3) is 0 Å². The zero-order valence-corrected chi connectivity index (χ0v) is 11.7. The molecule has 1 aromatic carbocycles. The van der Waals surface area contributed by atoms with E-state index in [0.29, 0.717) is 6.04 Å². The highest BCUT2D eigenvalue weighted by atomic mass is 32.1. The Morgan fingerprint density at radius 3 is 2.89 bits per heavy atom. The molecule has 0 radical (unpaired) electrons. The molecule has 3 rings (SSSR count). The molecule has 0 spiro atoms. The van der Waals surface area contributed by atoms with Crippen molar-refractivity contribution in [3.05, 3.63) is 46.7 Å². The molecule has 2 aromatic heterocycles. The molecule has 1 N–H and O–H groups in total. The van der Waals surface area contributed by atoms with Crippen LogP contribution in [0.25, 0.3) is 10.9 Å². The van der Waals surface area contributed by atoms with Crippen molar-refractivity contribution in [1.29, 1.82) is 0 Å². The minimum Gasteiger partial charge on any atom is -0.368 e. The number of hydrogen-bond donors (Lipinski definition) is 1. The van der Waals surface area contributed by atoms with E-state index in [2.05, 4.69) is 52.3 Å². The van der Waals surface area contributed by atoms with Crippen molar-refractivity contribution in [3.8, 4) is 0 Å².